The predicted molar refractivity (Wildman–Crippen MR) is 90.2 cm³/mol. The number of nitrogens with zero attached hydrogens (tertiary/aromatic N) is 5. The van der Waals surface area contributed by atoms with Crippen LogP contribution in [0.2, 0.25) is 0 Å². The summed E-state index contributed by atoms with van der Waals surface area (Å²) in [4.78, 5) is 8.26. The Bertz CT molecular complexity index is 811. The van der Waals surface area contributed by atoms with E-state index in [4.69, 9.17) is 4.74 Å². The van der Waals surface area contributed by atoms with Crippen LogP contribution in [0, 0.1) is 0 Å². The summed E-state index contributed by atoms with van der Waals surface area (Å²) in [6, 6.07) is 0. The Kier molecular flexibility index (Phi) is 4.70. The van der Waals surface area contributed by atoms with Crippen molar-refractivity contribution in [2.75, 3.05) is 30.7 Å². The molecule has 9 nitrogen and oxygen atoms in total. The largest absolute Gasteiger partial charge is 0.373 e. The highest BCUT2D eigenvalue weighted by molar-refractivity contribution is 7.89. The fourth-order valence-electron chi connectivity index (χ4n) is 2.88. The molecule has 0 aromatic carbocycles. The fourth-order valence-corrected chi connectivity index (χ4v) is 4.37. The molecular weight excluding hydrogens is 332 g/mol. The van der Waals surface area contributed by atoms with Gasteiger partial charge >= 0.3 is 0 Å². The van der Waals surface area contributed by atoms with Gasteiger partial charge in [0.25, 0.3) is 0 Å². The Morgan fingerprint density at radius 2 is 2.00 bits per heavy atom. The van der Waals surface area contributed by atoms with Gasteiger partial charge in [-0.1, -0.05) is 0 Å². The average molecular weight is 354 g/mol. The van der Waals surface area contributed by atoms with Crippen molar-refractivity contribution in [2.24, 2.45) is 7.05 Å². The van der Waals surface area contributed by atoms with Crippen molar-refractivity contribution in [3.8, 4) is 0 Å². The third-order valence-corrected chi connectivity index (χ3v) is 5.67. The van der Waals surface area contributed by atoms with Gasteiger partial charge in [0.05, 0.1) is 23.3 Å². The van der Waals surface area contributed by atoms with Gasteiger partial charge in [-0.15, -0.1) is 0 Å². The van der Waals surface area contributed by atoms with Gasteiger partial charge in [-0.05, 0) is 13.8 Å². The van der Waals surface area contributed by atoms with E-state index >= 15 is 0 Å². The summed E-state index contributed by atoms with van der Waals surface area (Å²) in [6.07, 6.45) is 3.04. The lowest BCUT2D eigenvalue weighted by molar-refractivity contribution is -0.0440. The quantitative estimate of drug-likeness (QED) is 0.819. The molecule has 0 saturated carbocycles. The molecule has 24 heavy (non-hydrogen) atoms. The van der Waals surface area contributed by atoms with Crippen LogP contribution in [-0.2, 0) is 21.8 Å². The van der Waals surface area contributed by atoms with Gasteiger partial charge in [0.1, 0.15) is 12.1 Å². The summed E-state index contributed by atoms with van der Waals surface area (Å²) in [5.41, 5.74) is 0.577. The lowest BCUT2D eigenvalue weighted by atomic mass is 10.3. The Labute approximate surface area is 141 Å². The van der Waals surface area contributed by atoms with E-state index in [9.17, 15) is 8.42 Å². The molecule has 1 saturated heterocycles. The number of nitrogens with one attached hydrogen (secondary N) is 1. The van der Waals surface area contributed by atoms with E-state index in [2.05, 4.69) is 20.4 Å². The van der Waals surface area contributed by atoms with Crippen molar-refractivity contribution in [1.29, 1.82) is 0 Å². The molecular formula is C14H22N6O3S. The number of ether oxygens (including phenoxy) is 1. The predicted octanol–water partition coefficient (Wildman–Crippen LogP) is 0.214. The highest BCUT2D eigenvalue weighted by Gasteiger charge is 2.30. The number of aromatic nitrogens is 4. The highest BCUT2D eigenvalue weighted by atomic mass is 32.2. The summed E-state index contributed by atoms with van der Waals surface area (Å²) < 4.78 is 33.8. The second-order valence-corrected chi connectivity index (χ2v) is 8.17. The van der Waals surface area contributed by atoms with E-state index in [1.165, 1.54) is 10.6 Å². The molecule has 2 atom stereocenters. The standard InChI is InChI=1S/C14H22N6O3S/c1-10-6-20(7-11(2)23-10)24(21,22)5-4-15-13-12-8-19(3)18-14(12)17-9-16-13/h8-11H,4-7H2,1-3H3,(H,15,16,17,18)/t10-,11-/m1/s1. The maximum absolute atomic E-state index is 12.5. The molecule has 0 aliphatic carbocycles. The molecule has 132 valence electrons. The van der Waals surface area contributed by atoms with Crippen LogP contribution >= 0.6 is 0 Å². The van der Waals surface area contributed by atoms with Crippen LogP contribution in [0.25, 0.3) is 11.0 Å². The molecule has 10 heteroatoms. The lowest BCUT2D eigenvalue weighted by Gasteiger charge is -2.34. The van der Waals surface area contributed by atoms with Gasteiger partial charge in [0.2, 0.25) is 10.0 Å². The number of fused-ring (bicyclic) bond motifs is 1. The first-order valence-corrected chi connectivity index (χ1v) is 9.47. The molecule has 2 aromatic heterocycles. The van der Waals surface area contributed by atoms with Crippen molar-refractivity contribution >= 4 is 26.9 Å². The van der Waals surface area contributed by atoms with E-state index < -0.39 is 10.0 Å². The molecule has 0 amide bonds. The van der Waals surface area contributed by atoms with Crippen LogP contribution in [0.3, 0.4) is 0 Å². The summed E-state index contributed by atoms with van der Waals surface area (Å²) in [7, 11) is -1.54. The van der Waals surface area contributed by atoms with Crippen LogP contribution in [0.5, 0.6) is 0 Å². The van der Waals surface area contributed by atoms with Gasteiger partial charge in [-0.3, -0.25) is 4.68 Å². The molecule has 0 unspecified atom stereocenters. The van der Waals surface area contributed by atoms with E-state index in [1.807, 2.05) is 13.8 Å². The Hall–Kier alpha value is -1.78. The maximum atomic E-state index is 12.5. The van der Waals surface area contributed by atoms with Crippen molar-refractivity contribution < 1.29 is 13.2 Å². The first-order chi connectivity index (χ1) is 11.3. The SMILES string of the molecule is C[C@@H]1CN(S(=O)(=O)CCNc2ncnc3nn(C)cc23)C[C@@H](C)O1. The number of hydrogen-bond donors (Lipinski definition) is 1. The number of aryl methyl sites for hydroxylation is 1. The normalized spacial score (nSPS) is 22.8. The Balaban J connectivity index is 1.64. The summed E-state index contributed by atoms with van der Waals surface area (Å²) in [6.45, 7) is 4.83. The van der Waals surface area contributed by atoms with E-state index in [0.29, 0.717) is 24.6 Å². The van der Waals surface area contributed by atoms with Gasteiger partial charge in [-0.25, -0.2) is 18.4 Å². The maximum Gasteiger partial charge on any atom is 0.216 e. The zero-order chi connectivity index (χ0) is 17.3. The van der Waals surface area contributed by atoms with Crippen LogP contribution in [0.1, 0.15) is 13.8 Å². The van der Waals surface area contributed by atoms with E-state index in [1.54, 1.807) is 17.9 Å². The van der Waals surface area contributed by atoms with Crippen LogP contribution < -0.4 is 5.32 Å². The smallest absolute Gasteiger partial charge is 0.216 e. The fraction of sp³-hybridized carbons (Fsp3) is 0.643. The minimum absolute atomic E-state index is 0.00179. The molecule has 2 aromatic rings. The second-order valence-electron chi connectivity index (χ2n) is 6.08. The third-order valence-electron chi connectivity index (χ3n) is 3.86. The van der Waals surface area contributed by atoms with E-state index in [-0.39, 0.29) is 24.5 Å². The molecule has 1 N–H and O–H groups in total. The number of hydrogen-bond acceptors (Lipinski definition) is 7. The van der Waals surface area contributed by atoms with Gasteiger partial charge in [0, 0.05) is 32.9 Å². The second kappa shape index (κ2) is 6.61. The first kappa shape index (κ1) is 17.1. The number of anilines is 1. The van der Waals surface area contributed by atoms with Crippen molar-refractivity contribution in [3.63, 3.8) is 0 Å². The molecule has 1 fully saturated rings. The molecule has 3 rings (SSSR count). The monoisotopic (exact) mass is 354 g/mol. The molecule has 0 bridgehead atoms. The topological polar surface area (TPSA) is 102 Å². The number of rotatable bonds is 5. The molecule has 0 spiro atoms. The zero-order valence-corrected chi connectivity index (χ0v) is 14.8. The highest BCUT2D eigenvalue weighted by Crippen LogP contribution is 2.18. The van der Waals surface area contributed by atoms with Gasteiger partial charge in [-0.2, -0.15) is 9.40 Å². The summed E-state index contributed by atoms with van der Waals surface area (Å²) in [5.74, 6) is 0.588. The first-order valence-electron chi connectivity index (χ1n) is 7.86. The average Bonchev–Trinajstić information content (AvgIpc) is 2.87. The Morgan fingerprint density at radius 1 is 1.29 bits per heavy atom. The number of sulfonamides is 1. The molecule has 0 radical (unpaired) electrons. The zero-order valence-electron chi connectivity index (χ0n) is 14.0. The van der Waals surface area contributed by atoms with Crippen LogP contribution in [0.4, 0.5) is 5.82 Å². The minimum atomic E-state index is -3.34. The third kappa shape index (κ3) is 3.65. The van der Waals surface area contributed by atoms with Crippen molar-refractivity contribution in [2.45, 2.75) is 26.1 Å². The van der Waals surface area contributed by atoms with Gasteiger partial charge < -0.3 is 10.1 Å². The number of morpholine rings is 1. The minimum Gasteiger partial charge on any atom is -0.373 e. The van der Waals surface area contributed by atoms with Crippen LogP contribution in [0.15, 0.2) is 12.5 Å². The lowest BCUT2D eigenvalue weighted by Crippen LogP contribution is -2.49. The van der Waals surface area contributed by atoms with Crippen LogP contribution in [-0.4, -0.2) is 70.1 Å². The molecule has 1 aliphatic rings. The van der Waals surface area contributed by atoms with Crippen molar-refractivity contribution in [1.82, 2.24) is 24.1 Å². The van der Waals surface area contributed by atoms with Crippen molar-refractivity contribution in [3.05, 3.63) is 12.5 Å². The Morgan fingerprint density at radius 3 is 2.71 bits per heavy atom. The van der Waals surface area contributed by atoms with Gasteiger partial charge in [0.15, 0.2) is 5.65 Å². The summed E-state index contributed by atoms with van der Waals surface area (Å²) in [5, 5.41) is 8.05. The molecule has 3 heterocycles. The molecule has 1 aliphatic heterocycles. The van der Waals surface area contributed by atoms with E-state index in [0.717, 1.165) is 5.39 Å². The summed E-state index contributed by atoms with van der Waals surface area (Å²) >= 11 is 0.